The van der Waals surface area contributed by atoms with Gasteiger partial charge in [0.05, 0.1) is 11.5 Å². The summed E-state index contributed by atoms with van der Waals surface area (Å²) in [6.45, 7) is 0.653. The lowest BCUT2D eigenvalue weighted by atomic mass is 9.86. The summed E-state index contributed by atoms with van der Waals surface area (Å²) in [5, 5.41) is 8.63. The lowest BCUT2D eigenvalue weighted by Gasteiger charge is -2.25. The highest BCUT2D eigenvalue weighted by molar-refractivity contribution is 7.89. The summed E-state index contributed by atoms with van der Waals surface area (Å²) < 4.78 is 31.8. The van der Waals surface area contributed by atoms with Gasteiger partial charge in [-0.15, -0.1) is 0 Å². The fraction of sp³-hybridized carbons (Fsp3) is 0.538. The van der Waals surface area contributed by atoms with Crippen LogP contribution in [-0.4, -0.2) is 33.3 Å². The molecule has 2 rings (SSSR count). The van der Waals surface area contributed by atoms with Crippen molar-refractivity contribution in [2.45, 2.75) is 24.2 Å². The van der Waals surface area contributed by atoms with Gasteiger partial charge < -0.3 is 9.84 Å². The maximum Gasteiger partial charge on any atom is 0.240 e. The molecule has 1 fully saturated rings. The Hall–Kier alpha value is -1.11. The smallest absolute Gasteiger partial charge is 0.240 e. The van der Waals surface area contributed by atoms with Crippen LogP contribution in [0.4, 0.5) is 0 Å². The lowest BCUT2D eigenvalue weighted by Crippen LogP contribution is -2.32. The molecule has 0 aromatic heterocycles. The maximum atomic E-state index is 12.0. The molecular weight excluding hydrogens is 266 g/mol. The van der Waals surface area contributed by atoms with Crippen molar-refractivity contribution in [3.63, 3.8) is 0 Å². The normalized spacial score (nSPS) is 16.1. The molecule has 0 saturated heterocycles. The second-order valence-electron chi connectivity index (χ2n) is 4.69. The van der Waals surface area contributed by atoms with Crippen LogP contribution in [0.15, 0.2) is 29.2 Å². The van der Waals surface area contributed by atoms with Gasteiger partial charge in [0.2, 0.25) is 10.0 Å². The minimum absolute atomic E-state index is 0.0665. The zero-order valence-electron chi connectivity index (χ0n) is 10.7. The van der Waals surface area contributed by atoms with E-state index in [0.29, 0.717) is 18.2 Å². The van der Waals surface area contributed by atoms with Crippen LogP contribution in [0.2, 0.25) is 0 Å². The molecule has 1 aliphatic carbocycles. The number of ether oxygens (including phenoxy) is 1. The number of sulfonamides is 1. The van der Waals surface area contributed by atoms with Gasteiger partial charge in [0, 0.05) is 6.54 Å². The predicted octanol–water partition coefficient (Wildman–Crippen LogP) is 1.14. The molecule has 1 saturated carbocycles. The van der Waals surface area contributed by atoms with E-state index in [9.17, 15) is 8.42 Å². The van der Waals surface area contributed by atoms with Crippen molar-refractivity contribution in [3.05, 3.63) is 24.3 Å². The van der Waals surface area contributed by atoms with Gasteiger partial charge in [-0.25, -0.2) is 13.1 Å². The van der Waals surface area contributed by atoms with E-state index in [1.165, 1.54) is 18.6 Å². The summed E-state index contributed by atoms with van der Waals surface area (Å²) in [6, 6.07) is 6.20. The molecule has 6 heteroatoms. The first-order valence-electron chi connectivity index (χ1n) is 6.45. The Morgan fingerprint density at radius 3 is 2.47 bits per heavy atom. The van der Waals surface area contributed by atoms with Crippen LogP contribution in [0.3, 0.4) is 0 Å². The quantitative estimate of drug-likeness (QED) is 0.787. The van der Waals surface area contributed by atoms with Crippen LogP contribution in [0.1, 0.15) is 19.3 Å². The highest BCUT2D eigenvalue weighted by Gasteiger charge is 2.21. The van der Waals surface area contributed by atoms with Gasteiger partial charge in [0.15, 0.2) is 0 Å². The van der Waals surface area contributed by atoms with Gasteiger partial charge in [0.1, 0.15) is 12.4 Å². The van der Waals surface area contributed by atoms with Crippen LogP contribution < -0.4 is 9.46 Å². The Bertz CT molecular complexity index is 494. The zero-order valence-corrected chi connectivity index (χ0v) is 11.5. The Morgan fingerprint density at radius 2 is 1.95 bits per heavy atom. The molecule has 106 valence electrons. The predicted molar refractivity (Wildman–Crippen MR) is 71.6 cm³/mol. The van der Waals surface area contributed by atoms with Crippen LogP contribution >= 0.6 is 0 Å². The molecule has 19 heavy (non-hydrogen) atoms. The average Bonchev–Trinajstić information content (AvgIpc) is 2.35. The summed E-state index contributed by atoms with van der Waals surface area (Å²) in [4.78, 5) is 0.239. The SMILES string of the molecule is O=S(=O)(NCC1CCC1)c1ccc(OCCO)cc1. The van der Waals surface area contributed by atoms with E-state index >= 15 is 0 Å². The highest BCUT2D eigenvalue weighted by Crippen LogP contribution is 2.26. The minimum atomic E-state index is -3.42. The number of aliphatic hydroxyl groups excluding tert-OH is 1. The monoisotopic (exact) mass is 285 g/mol. The number of hydrogen-bond acceptors (Lipinski definition) is 4. The molecule has 0 radical (unpaired) electrons. The molecule has 0 aliphatic heterocycles. The van der Waals surface area contributed by atoms with Gasteiger partial charge in [-0.3, -0.25) is 0 Å². The standard InChI is InChI=1S/C13H19NO4S/c15-8-9-18-12-4-6-13(7-5-12)19(16,17)14-10-11-2-1-3-11/h4-7,11,14-15H,1-3,8-10H2. The van der Waals surface area contributed by atoms with E-state index in [1.807, 2.05) is 0 Å². The third-order valence-electron chi connectivity index (χ3n) is 3.28. The number of rotatable bonds is 7. The second-order valence-corrected chi connectivity index (χ2v) is 6.46. The van der Waals surface area contributed by atoms with Crippen molar-refractivity contribution < 1.29 is 18.3 Å². The van der Waals surface area contributed by atoms with Gasteiger partial charge in [-0.2, -0.15) is 0 Å². The largest absolute Gasteiger partial charge is 0.491 e. The minimum Gasteiger partial charge on any atom is -0.491 e. The van der Waals surface area contributed by atoms with Crippen LogP contribution in [0.5, 0.6) is 5.75 Å². The zero-order chi connectivity index (χ0) is 13.7. The van der Waals surface area contributed by atoms with Crippen molar-refractivity contribution in [1.82, 2.24) is 4.72 Å². The van der Waals surface area contributed by atoms with Gasteiger partial charge >= 0.3 is 0 Å². The first-order chi connectivity index (χ1) is 9.12. The number of nitrogens with one attached hydrogen (secondary N) is 1. The molecule has 0 spiro atoms. The van der Waals surface area contributed by atoms with Crippen molar-refractivity contribution in [3.8, 4) is 5.75 Å². The van der Waals surface area contributed by atoms with Crippen LogP contribution in [0, 0.1) is 5.92 Å². The van der Waals surface area contributed by atoms with E-state index < -0.39 is 10.0 Å². The Kier molecular flexibility index (Phi) is 4.79. The first-order valence-corrected chi connectivity index (χ1v) is 7.93. The lowest BCUT2D eigenvalue weighted by molar-refractivity contribution is 0.201. The van der Waals surface area contributed by atoms with E-state index in [2.05, 4.69) is 4.72 Å². The summed E-state index contributed by atoms with van der Waals surface area (Å²) in [6.07, 6.45) is 3.41. The third kappa shape index (κ3) is 3.92. The fourth-order valence-corrected chi connectivity index (χ4v) is 3.00. The van der Waals surface area contributed by atoms with E-state index in [1.54, 1.807) is 12.1 Å². The maximum absolute atomic E-state index is 12.0. The first kappa shape index (κ1) is 14.3. The molecule has 0 unspecified atom stereocenters. The van der Waals surface area contributed by atoms with E-state index in [0.717, 1.165) is 12.8 Å². The van der Waals surface area contributed by atoms with E-state index in [-0.39, 0.29) is 18.1 Å². The summed E-state index contributed by atoms with van der Waals surface area (Å²) in [7, 11) is -3.42. The Morgan fingerprint density at radius 1 is 1.26 bits per heavy atom. The molecule has 0 atom stereocenters. The molecule has 1 aromatic rings. The Balaban J connectivity index is 1.94. The van der Waals surface area contributed by atoms with Crippen molar-refractivity contribution >= 4 is 10.0 Å². The fourth-order valence-electron chi connectivity index (χ4n) is 1.89. The van der Waals surface area contributed by atoms with Crippen LogP contribution in [0.25, 0.3) is 0 Å². The van der Waals surface area contributed by atoms with Gasteiger partial charge in [0.25, 0.3) is 0 Å². The van der Waals surface area contributed by atoms with Crippen molar-refractivity contribution in [1.29, 1.82) is 0 Å². The number of hydrogen-bond donors (Lipinski definition) is 2. The molecule has 0 bridgehead atoms. The molecule has 1 aliphatic rings. The van der Waals surface area contributed by atoms with Crippen molar-refractivity contribution in [2.75, 3.05) is 19.8 Å². The molecule has 5 nitrogen and oxygen atoms in total. The molecular formula is C13H19NO4S. The van der Waals surface area contributed by atoms with Crippen LogP contribution in [-0.2, 0) is 10.0 Å². The third-order valence-corrected chi connectivity index (χ3v) is 4.72. The molecule has 0 heterocycles. The van der Waals surface area contributed by atoms with E-state index in [4.69, 9.17) is 9.84 Å². The molecule has 2 N–H and O–H groups in total. The van der Waals surface area contributed by atoms with Gasteiger partial charge in [-0.05, 0) is 43.0 Å². The summed E-state index contributed by atoms with van der Waals surface area (Å²) in [5.41, 5.74) is 0. The van der Waals surface area contributed by atoms with Crippen molar-refractivity contribution in [2.24, 2.45) is 5.92 Å². The Labute approximate surface area is 113 Å². The number of benzene rings is 1. The summed E-state index contributed by atoms with van der Waals surface area (Å²) >= 11 is 0. The average molecular weight is 285 g/mol. The molecule has 0 amide bonds. The number of aliphatic hydroxyl groups is 1. The summed E-state index contributed by atoms with van der Waals surface area (Å²) in [5.74, 6) is 1.04. The second kappa shape index (κ2) is 6.36. The molecule has 1 aromatic carbocycles. The van der Waals surface area contributed by atoms with Gasteiger partial charge in [-0.1, -0.05) is 6.42 Å². The highest BCUT2D eigenvalue weighted by atomic mass is 32.2. The topological polar surface area (TPSA) is 75.6 Å².